The highest BCUT2D eigenvalue weighted by Gasteiger charge is 2.44. The van der Waals surface area contributed by atoms with Crippen molar-refractivity contribution in [1.29, 1.82) is 0 Å². The first-order valence-corrected chi connectivity index (χ1v) is 17.3. The number of rotatable bonds is 10. The fourth-order valence-electron chi connectivity index (χ4n) is 6.20. The summed E-state index contributed by atoms with van der Waals surface area (Å²) in [6.45, 7) is 26.4. The van der Waals surface area contributed by atoms with Crippen molar-refractivity contribution in [2.24, 2.45) is 0 Å². The van der Waals surface area contributed by atoms with Gasteiger partial charge < -0.3 is 31.1 Å². The third kappa shape index (κ3) is 9.17. The van der Waals surface area contributed by atoms with E-state index < -0.39 is 56.5 Å². The Labute approximate surface area is 298 Å². The van der Waals surface area contributed by atoms with E-state index in [1.807, 2.05) is 83.1 Å². The lowest BCUT2D eigenvalue weighted by molar-refractivity contribution is -0.153. The quantitative estimate of drug-likeness (QED) is 0.148. The van der Waals surface area contributed by atoms with E-state index in [-0.39, 0.29) is 37.2 Å². The van der Waals surface area contributed by atoms with Crippen LogP contribution in [-0.4, -0.2) is 55.3 Å². The highest BCUT2D eigenvalue weighted by molar-refractivity contribution is 6.36. The predicted molar refractivity (Wildman–Crippen MR) is 196 cm³/mol. The molecule has 2 rings (SSSR count). The Morgan fingerprint density at radius 3 is 0.880 bits per heavy atom. The molecule has 10 heteroatoms. The Bertz CT molecular complexity index is 1440. The second-order valence-corrected chi connectivity index (χ2v) is 17.8. The molecule has 0 aliphatic heterocycles. The van der Waals surface area contributed by atoms with Gasteiger partial charge in [0.25, 0.3) is 0 Å². The number of amides is 2. The highest BCUT2D eigenvalue weighted by atomic mass is 16.4. The molecule has 0 saturated carbocycles. The maximum Gasteiger partial charge on any atom is 0.329 e. The molecule has 0 radical (unpaired) electrons. The molecular weight excluding hydrogens is 636 g/mol. The highest BCUT2D eigenvalue weighted by Crippen LogP contribution is 2.42. The lowest BCUT2D eigenvalue weighted by atomic mass is 9.76. The van der Waals surface area contributed by atoms with Gasteiger partial charge in [-0.2, -0.15) is 0 Å². The van der Waals surface area contributed by atoms with Crippen LogP contribution in [0.4, 0.5) is 0 Å². The number of hydrogen-bond acceptors (Lipinski definition) is 6. The topological polar surface area (TPSA) is 173 Å². The number of carbonyl (C=O) groups excluding carboxylic acids is 2. The smallest absolute Gasteiger partial charge is 0.329 e. The maximum absolute atomic E-state index is 13.6. The number of aromatic hydroxyl groups is 2. The van der Waals surface area contributed by atoms with E-state index in [2.05, 4.69) is 10.6 Å². The molecule has 2 aromatic rings. The molecule has 6 N–H and O–H groups in total. The molecular formula is C40H60N2O8. The van der Waals surface area contributed by atoms with E-state index >= 15 is 0 Å². The summed E-state index contributed by atoms with van der Waals surface area (Å²) in [5.41, 5.74) is -2.22. The number of benzene rings is 2. The zero-order valence-corrected chi connectivity index (χ0v) is 32.6. The summed E-state index contributed by atoms with van der Waals surface area (Å²) in [5, 5.41) is 48.2. The molecule has 0 aliphatic carbocycles. The van der Waals surface area contributed by atoms with Crippen LogP contribution in [0.5, 0.6) is 11.5 Å². The lowest BCUT2D eigenvalue weighted by Gasteiger charge is -2.34. The molecule has 0 aromatic heterocycles. The first-order chi connectivity index (χ1) is 22.5. The number of nitrogens with one attached hydrogen (secondary N) is 2. The van der Waals surface area contributed by atoms with E-state index in [1.165, 1.54) is 0 Å². The Morgan fingerprint density at radius 2 is 0.720 bits per heavy atom. The van der Waals surface area contributed by atoms with E-state index in [9.17, 15) is 39.6 Å². The third-order valence-corrected chi connectivity index (χ3v) is 9.52. The lowest BCUT2D eigenvalue weighted by Crippen LogP contribution is -2.63. The number of carboxylic acids is 2. The minimum Gasteiger partial charge on any atom is -0.507 e. The first-order valence-electron chi connectivity index (χ1n) is 17.3. The molecule has 0 bridgehead atoms. The van der Waals surface area contributed by atoms with Gasteiger partial charge in [-0.05, 0) is 67.9 Å². The van der Waals surface area contributed by atoms with Gasteiger partial charge in [0.1, 0.15) is 22.6 Å². The van der Waals surface area contributed by atoms with Crippen molar-refractivity contribution in [3.8, 4) is 11.5 Å². The Kier molecular flexibility index (Phi) is 12.0. The Balaban J connectivity index is 2.59. The van der Waals surface area contributed by atoms with E-state index in [0.717, 1.165) is 0 Å². The van der Waals surface area contributed by atoms with E-state index in [0.29, 0.717) is 33.4 Å². The maximum atomic E-state index is 13.6. The van der Waals surface area contributed by atoms with Crippen molar-refractivity contribution in [3.05, 3.63) is 57.6 Å². The summed E-state index contributed by atoms with van der Waals surface area (Å²) in [6, 6.07) is 6.91. The monoisotopic (exact) mass is 696 g/mol. The molecule has 0 saturated heterocycles. The fraction of sp³-hybridized carbons (Fsp3) is 0.600. The molecule has 10 nitrogen and oxygen atoms in total. The van der Waals surface area contributed by atoms with Crippen LogP contribution in [0, 0.1) is 0 Å². The molecule has 2 aromatic carbocycles. The second kappa shape index (κ2) is 14.3. The van der Waals surface area contributed by atoms with Crippen molar-refractivity contribution in [1.82, 2.24) is 10.6 Å². The van der Waals surface area contributed by atoms with Crippen LogP contribution in [0.1, 0.15) is 143 Å². The van der Waals surface area contributed by atoms with Crippen LogP contribution in [0.3, 0.4) is 0 Å². The predicted octanol–water partition coefficient (Wildman–Crippen LogP) is 6.77. The number of phenols is 2. The fourth-order valence-corrected chi connectivity index (χ4v) is 6.20. The number of carboxylic acid groups (broad SMARTS) is 2. The molecule has 278 valence electrons. The summed E-state index contributed by atoms with van der Waals surface area (Å²) < 4.78 is 0. The van der Waals surface area contributed by atoms with Gasteiger partial charge in [0.2, 0.25) is 0 Å². The van der Waals surface area contributed by atoms with Crippen molar-refractivity contribution in [2.75, 3.05) is 0 Å². The third-order valence-electron chi connectivity index (χ3n) is 9.52. The van der Waals surface area contributed by atoms with Gasteiger partial charge in [0, 0.05) is 12.8 Å². The summed E-state index contributed by atoms with van der Waals surface area (Å²) in [7, 11) is 0. The molecule has 2 amide bonds. The van der Waals surface area contributed by atoms with Crippen molar-refractivity contribution in [2.45, 2.75) is 155 Å². The van der Waals surface area contributed by atoms with Gasteiger partial charge in [-0.3, -0.25) is 9.59 Å². The number of carbonyl (C=O) groups is 4. The molecule has 0 fully saturated rings. The summed E-state index contributed by atoms with van der Waals surface area (Å²) in [4.78, 5) is 52.9. The largest absolute Gasteiger partial charge is 0.507 e. The van der Waals surface area contributed by atoms with E-state index in [1.54, 1.807) is 38.1 Å². The average Bonchev–Trinajstić information content (AvgIpc) is 2.95. The minimum absolute atomic E-state index is 0.0888. The number of hydrogen-bond donors (Lipinski definition) is 6. The minimum atomic E-state index is -1.92. The van der Waals surface area contributed by atoms with E-state index in [4.69, 9.17) is 0 Å². The molecule has 0 heterocycles. The summed E-state index contributed by atoms with van der Waals surface area (Å²) >= 11 is 0. The van der Waals surface area contributed by atoms with Crippen molar-refractivity contribution >= 4 is 23.8 Å². The van der Waals surface area contributed by atoms with Gasteiger partial charge in [0.15, 0.2) is 0 Å². The molecule has 0 spiro atoms. The van der Waals surface area contributed by atoms with Gasteiger partial charge in [-0.15, -0.1) is 0 Å². The molecule has 2 unspecified atom stereocenters. The van der Waals surface area contributed by atoms with Gasteiger partial charge >= 0.3 is 23.8 Å². The Morgan fingerprint density at radius 1 is 0.500 bits per heavy atom. The SMILES string of the molecule is CCC(Cc1cc(C(C)(C)C)c(O)c(C(C)(C)C)c1)(NC(=O)C(=O)NC(CC)(Cc1cc(C(C)(C)C)c(O)c(C(C)(C)C)c1)C(=O)O)C(=O)O. The normalized spacial score (nSPS) is 15.1. The Hall–Kier alpha value is -4.08. The first kappa shape index (κ1) is 42.1. The van der Waals surface area contributed by atoms with Crippen LogP contribution in [0.25, 0.3) is 0 Å². The standard InChI is InChI=1S/C40H60N2O8/c1-15-39(33(47)48,21-23-17-25(35(3,4)5)29(43)26(18-23)36(6,7)8)41-31(45)32(46)42-40(16-2,34(49)50)22-24-19-27(37(9,10)11)30(44)28(20-24)38(12,13)14/h17-20,43-44H,15-16,21-22H2,1-14H3,(H,41,45)(H,42,46)(H,47,48)(H,49,50). The molecule has 2 atom stereocenters. The van der Waals surface area contributed by atoms with Crippen LogP contribution >= 0.6 is 0 Å². The summed E-state index contributed by atoms with van der Waals surface area (Å²) in [5.74, 6) is -5.05. The second-order valence-electron chi connectivity index (χ2n) is 17.8. The number of phenolic OH excluding ortho intramolecular Hbond substituents is 2. The van der Waals surface area contributed by atoms with Gasteiger partial charge in [-0.25, -0.2) is 9.59 Å². The van der Waals surface area contributed by atoms with Crippen LogP contribution in [0.15, 0.2) is 24.3 Å². The van der Waals surface area contributed by atoms with Crippen molar-refractivity contribution < 1.29 is 39.6 Å². The number of aliphatic carboxylic acids is 2. The molecule has 0 aliphatic rings. The summed E-state index contributed by atoms with van der Waals surface area (Å²) in [6.07, 6.45) is -0.565. The zero-order valence-electron chi connectivity index (χ0n) is 32.6. The molecule has 50 heavy (non-hydrogen) atoms. The van der Waals surface area contributed by atoms with Crippen molar-refractivity contribution in [3.63, 3.8) is 0 Å². The van der Waals surface area contributed by atoms with Gasteiger partial charge in [0.05, 0.1) is 0 Å². The van der Waals surface area contributed by atoms with Crippen LogP contribution in [-0.2, 0) is 53.7 Å². The van der Waals surface area contributed by atoms with Crippen LogP contribution in [0.2, 0.25) is 0 Å². The van der Waals surface area contributed by atoms with Crippen LogP contribution < -0.4 is 10.6 Å². The average molecular weight is 697 g/mol. The van der Waals surface area contributed by atoms with Gasteiger partial charge in [-0.1, -0.05) is 121 Å². The zero-order chi connectivity index (χ0) is 39.0.